The smallest absolute Gasteiger partial charge is 0.266 e. The first kappa shape index (κ1) is 21.4. The van der Waals surface area contributed by atoms with Crippen LogP contribution in [0.3, 0.4) is 0 Å². The summed E-state index contributed by atoms with van der Waals surface area (Å²) in [4.78, 5) is 13.2. The second kappa shape index (κ2) is 9.56. The van der Waals surface area contributed by atoms with Gasteiger partial charge in [-0.15, -0.1) is 11.3 Å². The average Bonchev–Trinajstić information content (AvgIpc) is 3.39. The van der Waals surface area contributed by atoms with Crippen LogP contribution >= 0.6 is 34.5 Å². The van der Waals surface area contributed by atoms with E-state index in [0.717, 1.165) is 22.4 Å². The van der Waals surface area contributed by atoms with Crippen LogP contribution in [0, 0.1) is 6.92 Å². The van der Waals surface area contributed by atoms with Gasteiger partial charge in [0, 0.05) is 27.9 Å². The van der Waals surface area contributed by atoms with E-state index in [1.165, 1.54) is 11.3 Å². The van der Waals surface area contributed by atoms with Crippen molar-refractivity contribution in [2.45, 2.75) is 20.1 Å². The fraction of sp³-hybridized carbons (Fsp3) is 0.130. The van der Waals surface area contributed by atoms with E-state index in [9.17, 15) is 4.79 Å². The van der Waals surface area contributed by atoms with Crippen LogP contribution in [0.5, 0.6) is 5.75 Å². The Balaban J connectivity index is 1.35. The lowest BCUT2D eigenvalue weighted by molar-refractivity contribution is 0.103. The Morgan fingerprint density at radius 2 is 2.00 bits per heavy atom. The molecule has 0 radical (unpaired) electrons. The number of nitrogens with zero attached hydrogens (tertiary/aromatic N) is 2. The molecule has 2 aromatic heterocycles. The molecule has 158 valence electrons. The number of nitrogens with one attached hydrogen (secondary N) is 1. The molecule has 2 aromatic carbocycles. The summed E-state index contributed by atoms with van der Waals surface area (Å²) >= 11 is 13.5. The van der Waals surface area contributed by atoms with Gasteiger partial charge in [0.1, 0.15) is 12.4 Å². The number of rotatable bonds is 7. The normalized spacial score (nSPS) is 10.8. The predicted molar refractivity (Wildman–Crippen MR) is 126 cm³/mol. The molecule has 5 nitrogen and oxygen atoms in total. The van der Waals surface area contributed by atoms with Gasteiger partial charge in [0.05, 0.1) is 11.4 Å². The highest BCUT2D eigenvalue weighted by Crippen LogP contribution is 2.24. The highest BCUT2D eigenvalue weighted by atomic mass is 35.5. The van der Waals surface area contributed by atoms with Gasteiger partial charge in [-0.1, -0.05) is 41.4 Å². The van der Waals surface area contributed by atoms with Crippen LogP contribution in [-0.4, -0.2) is 15.7 Å². The molecule has 0 saturated carbocycles. The number of anilines is 1. The Labute approximate surface area is 194 Å². The van der Waals surface area contributed by atoms with E-state index in [0.29, 0.717) is 33.9 Å². The van der Waals surface area contributed by atoms with Crippen molar-refractivity contribution >= 4 is 46.3 Å². The number of aromatic nitrogens is 2. The van der Waals surface area contributed by atoms with E-state index < -0.39 is 0 Å². The fourth-order valence-electron chi connectivity index (χ4n) is 3.00. The SMILES string of the molecule is Cc1cc(Cl)ccc1OCc1csc(C(=O)Nc2ccn(Cc3ccccc3Cl)n2)c1. The summed E-state index contributed by atoms with van der Waals surface area (Å²) in [6.07, 6.45) is 1.81. The van der Waals surface area contributed by atoms with Crippen molar-refractivity contribution in [3.63, 3.8) is 0 Å². The van der Waals surface area contributed by atoms with Crippen LogP contribution in [0.25, 0.3) is 0 Å². The molecule has 0 unspecified atom stereocenters. The summed E-state index contributed by atoms with van der Waals surface area (Å²) in [6, 6.07) is 16.7. The number of hydrogen-bond donors (Lipinski definition) is 1. The zero-order chi connectivity index (χ0) is 21.8. The Kier molecular flexibility index (Phi) is 6.61. The molecule has 2 heterocycles. The molecule has 0 atom stereocenters. The van der Waals surface area contributed by atoms with E-state index in [1.807, 2.05) is 54.8 Å². The van der Waals surface area contributed by atoms with Crippen LogP contribution < -0.4 is 10.1 Å². The molecule has 0 aliphatic carbocycles. The summed E-state index contributed by atoms with van der Waals surface area (Å²) in [5, 5.41) is 10.5. The van der Waals surface area contributed by atoms with Gasteiger partial charge >= 0.3 is 0 Å². The number of carbonyl (C=O) groups excluding carboxylic acids is 1. The first-order valence-corrected chi connectivity index (χ1v) is 11.2. The van der Waals surface area contributed by atoms with Crippen LogP contribution in [0.1, 0.15) is 26.4 Å². The number of aryl methyl sites for hydroxylation is 1. The van der Waals surface area contributed by atoms with Gasteiger partial charge in [0.2, 0.25) is 0 Å². The van der Waals surface area contributed by atoms with Crippen molar-refractivity contribution in [3.8, 4) is 5.75 Å². The lowest BCUT2D eigenvalue weighted by Gasteiger charge is -2.08. The highest BCUT2D eigenvalue weighted by Gasteiger charge is 2.12. The molecule has 0 aliphatic rings. The van der Waals surface area contributed by atoms with Crippen LogP contribution in [-0.2, 0) is 13.2 Å². The van der Waals surface area contributed by atoms with Gasteiger partial charge in [0.15, 0.2) is 5.82 Å². The molecular weight excluding hydrogens is 453 g/mol. The molecule has 0 saturated heterocycles. The Morgan fingerprint density at radius 3 is 2.81 bits per heavy atom. The molecule has 4 aromatic rings. The molecule has 1 N–H and O–H groups in total. The molecular formula is C23H19Cl2N3O2S. The van der Waals surface area contributed by atoms with Gasteiger partial charge in [-0.05, 0) is 53.8 Å². The number of benzene rings is 2. The van der Waals surface area contributed by atoms with Gasteiger partial charge in [-0.2, -0.15) is 5.10 Å². The van der Waals surface area contributed by atoms with Gasteiger partial charge in [0.25, 0.3) is 5.91 Å². The number of halogens is 2. The third kappa shape index (κ3) is 5.47. The second-order valence-corrected chi connectivity index (χ2v) is 8.72. The number of hydrogen-bond acceptors (Lipinski definition) is 4. The quantitative estimate of drug-likeness (QED) is 0.337. The third-order valence-electron chi connectivity index (χ3n) is 4.58. The predicted octanol–water partition coefficient (Wildman–Crippen LogP) is 6.44. The average molecular weight is 472 g/mol. The van der Waals surface area contributed by atoms with E-state index in [1.54, 1.807) is 23.0 Å². The molecule has 1 amide bonds. The van der Waals surface area contributed by atoms with Crippen molar-refractivity contribution in [2.75, 3.05) is 5.32 Å². The summed E-state index contributed by atoms with van der Waals surface area (Å²) in [5.41, 5.74) is 2.85. The van der Waals surface area contributed by atoms with Crippen LogP contribution in [0.15, 0.2) is 66.2 Å². The van der Waals surface area contributed by atoms with Crippen molar-refractivity contribution in [2.24, 2.45) is 0 Å². The largest absolute Gasteiger partial charge is 0.489 e. The number of amides is 1. The van der Waals surface area contributed by atoms with Gasteiger partial charge < -0.3 is 10.1 Å². The molecule has 0 spiro atoms. The van der Waals surface area contributed by atoms with E-state index >= 15 is 0 Å². The van der Waals surface area contributed by atoms with Crippen molar-refractivity contribution in [1.82, 2.24) is 9.78 Å². The minimum atomic E-state index is -0.207. The third-order valence-corrected chi connectivity index (χ3v) is 6.16. The van der Waals surface area contributed by atoms with E-state index in [2.05, 4.69) is 10.4 Å². The lowest BCUT2D eigenvalue weighted by atomic mass is 10.2. The molecule has 0 bridgehead atoms. The number of ether oxygens (including phenoxy) is 1. The lowest BCUT2D eigenvalue weighted by Crippen LogP contribution is -2.11. The zero-order valence-electron chi connectivity index (χ0n) is 16.6. The van der Waals surface area contributed by atoms with Crippen molar-refractivity contribution < 1.29 is 9.53 Å². The standard InChI is InChI=1S/C23H19Cl2N3O2S/c1-15-10-18(24)6-7-20(15)30-13-16-11-21(31-14-16)23(29)26-22-8-9-28(27-22)12-17-4-2-3-5-19(17)25/h2-11,14H,12-13H2,1H3,(H,26,27,29). The first-order valence-electron chi connectivity index (χ1n) is 9.52. The minimum absolute atomic E-state index is 0.207. The summed E-state index contributed by atoms with van der Waals surface area (Å²) in [7, 11) is 0. The molecule has 0 fully saturated rings. The van der Waals surface area contributed by atoms with E-state index in [-0.39, 0.29) is 5.91 Å². The molecule has 4 rings (SSSR count). The van der Waals surface area contributed by atoms with Crippen molar-refractivity contribution in [3.05, 3.63) is 97.8 Å². The first-order chi connectivity index (χ1) is 15.0. The Bertz CT molecular complexity index is 1220. The number of carbonyl (C=O) groups is 1. The zero-order valence-corrected chi connectivity index (χ0v) is 19.0. The molecule has 0 aliphatic heterocycles. The number of thiophene rings is 1. The maximum absolute atomic E-state index is 12.6. The Hall–Kier alpha value is -2.80. The monoisotopic (exact) mass is 471 g/mol. The van der Waals surface area contributed by atoms with Crippen LogP contribution in [0.2, 0.25) is 10.0 Å². The van der Waals surface area contributed by atoms with Gasteiger partial charge in [-0.3, -0.25) is 9.48 Å². The fourth-order valence-corrected chi connectivity index (χ4v) is 4.22. The highest BCUT2D eigenvalue weighted by molar-refractivity contribution is 7.12. The van der Waals surface area contributed by atoms with E-state index in [4.69, 9.17) is 27.9 Å². The maximum atomic E-state index is 12.6. The minimum Gasteiger partial charge on any atom is -0.489 e. The topological polar surface area (TPSA) is 56.1 Å². The molecule has 8 heteroatoms. The second-order valence-electron chi connectivity index (χ2n) is 6.96. The van der Waals surface area contributed by atoms with Crippen LogP contribution in [0.4, 0.5) is 5.82 Å². The maximum Gasteiger partial charge on any atom is 0.266 e. The summed E-state index contributed by atoms with van der Waals surface area (Å²) in [5.74, 6) is 1.05. The Morgan fingerprint density at radius 1 is 1.16 bits per heavy atom. The summed E-state index contributed by atoms with van der Waals surface area (Å²) < 4.78 is 7.58. The van der Waals surface area contributed by atoms with Crippen molar-refractivity contribution in [1.29, 1.82) is 0 Å². The summed E-state index contributed by atoms with van der Waals surface area (Å²) in [6.45, 7) is 2.84. The molecule has 31 heavy (non-hydrogen) atoms. The van der Waals surface area contributed by atoms with Gasteiger partial charge in [-0.25, -0.2) is 0 Å².